The van der Waals surface area contributed by atoms with Crippen LogP contribution in [0.2, 0.25) is 0 Å². The van der Waals surface area contributed by atoms with E-state index in [4.69, 9.17) is 25.7 Å². The second kappa shape index (κ2) is 13.0. The lowest BCUT2D eigenvalue weighted by Gasteiger charge is -2.39. The number of aromatic amines is 1. The molecule has 3 aromatic carbocycles. The number of aromatic nitrogens is 1. The first-order chi connectivity index (χ1) is 22.8. The van der Waals surface area contributed by atoms with Crippen molar-refractivity contribution in [3.05, 3.63) is 111 Å². The predicted molar refractivity (Wildman–Crippen MR) is 170 cm³/mol. The summed E-state index contributed by atoms with van der Waals surface area (Å²) in [6.45, 7) is 2.69. The molecule has 13 heteroatoms. The second-order valence-electron chi connectivity index (χ2n) is 12.0. The average molecular weight is 658 g/mol. The molecule has 4 aromatic rings. The molecule has 1 aliphatic carbocycles. The number of H-pyrrole nitrogens is 1. The molecule has 1 aliphatic heterocycles. The normalized spacial score (nSPS) is 22.0. The molecule has 0 saturated carbocycles. The first-order valence-electron chi connectivity index (χ1n) is 15.3. The lowest BCUT2D eigenvalue weighted by Crippen LogP contribution is -2.58. The minimum absolute atomic E-state index is 0.000937. The summed E-state index contributed by atoms with van der Waals surface area (Å²) in [6, 6.07) is 12.7. The van der Waals surface area contributed by atoms with Gasteiger partial charge < -0.3 is 51.1 Å². The fraction of sp³-hybridized carbons (Fsp3) is 0.286. The fourth-order valence-corrected chi connectivity index (χ4v) is 6.19. The van der Waals surface area contributed by atoms with E-state index in [1.54, 1.807) is 42.7 Å². The smallest absolute Gasteiger partial charge is 0.308 e. The van der Waals surface area contributed by atoms with Gasteiger partial charge in [0.15, 0.2) is 11.6 Å². The topological polar surface area (TPSA) is 228 Å². The molecular formula is C35H35N3O10. The van der Waals surface area contributed by atoms with Crippen LogP contribution >= 0.6 is 0 Å². The van der Waals surface area contributed by atoms with Crippen molar-refractivity contribution in [1.82, 2.24) is 4.98 Å². The summed E-state index contributed by atoms with van der Waals surface area (Å²) in [5.41, 5.74) is 13.6. The van der Waals surface area contributed by atoms with Gasteiger partial charge in [-0.3, -0.25) is 14.4 Å². The van der Waals surface area contributed by atoms with Gasteiger partial charge in [0, 0.05) is 60.0 Å². The lowest BCUT2D eigenvalue weighted by atomic mass is 9.78. The number of benzene rings is 3. The number of esters is 1. The van der Waals surface area contributed by atoms with E-state index in [1.165, 1.54) is 32.0 Å². The molecule has 2 heterocycles. The predicted octanol–water partition coefficient (Wildman–Crippen LogP) is 1.72. The van der Waals surface area contributed by atoms with Crippen LogP contribution in [0.15, 0.2) is 60.9 Å². The number of carbonyl (C=O) groups excluding carboxylic acids is 3. The summed E-state index contributed by atoms with van der Waals surface area (Å²) >= 11 is 0. The molecule has 0 spiro atoms. The molecule has 13 nitrogen and oxygen atoms in total. The number of nitrogens with one attached hydrogen (secondary N) is 1. The maximum atomic E-state index is 14.4. The van der Waals surface area contributed by atoms with Crippen molar-refractivity contribution >= 4 is 17.5 Å². The third-order valence-corrected chi connectivity index (χ3v) is 8.62. The van der Waals surface area contributed by atoms with Crippen molar-refractivity contribution in [2.75, 3.05) is 0 Å². The van der Waals surface area contributed by atoms with Crippen LogP contribution in [0, 0.1) is 0 Å². The van der Waals surface area contributed by atoms with Gasteiger partial charge in [0.25, 0.3) is 0 Å². The number of ether oxygens (including phenoxy) is 3. The third-order valence-electron chi connectivity index (χ3n) is 8.62. The van der Waals surface area contributed by atoms with Crippen LogP contribution in [-0.2, 0) is 22.4 Å². The second-order valence-corrected chi connectivity index (χ2v) is 12.0. The third kappa shape index (κ3) is 5.99. The van der Waals surface area contributed by atoms with Crippen LogP contribution in [0.4, 0.5) is 0 Å². The van der Waals surface area contributed by atoms with E-state index in [1.807, 2.05) is 0 Å². The van der Waals surface area contributed by atoms with Gasteiger partial charge >= 0.3 is 5.97 Å². The summed E-state index contributed by atoms with van der Waals surface area (Å²) in [5.74, 6) is -2.47. The van der Waals surface area contributed by atoms with Gasteiger partial charge in [-0.2, -0.15) is 0 Å². The highest BCUT2D eigenvalue weighted by molar-refractivity contribution is 6.30. The highest BCUT2D eigenvalue weighted by Crippen LogP contribution is 2.46. The molecule has 250 valence electrons. The number of phenolic OH excluding ortho intramolecular Hbond substituents is 1. The van der Waals surface area contributed by atoms with Crippen LogP contribution < -0.4 is 20.9 Å². The maximum absolute atomic E-state index is 14.4. The SMILES string of the molecule is CC(=O)Oc1ccc2c(c1)C(=O)c1c(Cc3cc[nH]c3)c(OC3OC(C)C(O)C(O)C3O)c(Cc3cccc(C(N)N)c3)c(O)c1C2=O. The Balaban J connectivity index is 1.60. The van der Waals surface area contributed by atoms with E-state index in [2.05, 4.69) is 4.98 Å². The highest BCUT2D eigenvalue weighted by Gasteiger charge is 2.45. The van der Waals surface area contributed by atoms with Crippen LogP contribution in [0.1, 0.15) is 79.7 Å². The zero-order chi connectivity index (χ0) is 34.4. The maximum Gasteiger partial charge on any atom is 0.308 e. The van der Waals surface area contributed by atoms with Crippen molar-refractivity contribution in [2.45, 2.75) is 63.6 Å². The zero-order valence-corrected chi connectivity index (χ0v) is 26.0. The Morgan fingerprint density at radius 3 is 2.33 bits per heavy atom. The Morgan fingerprint density at radius 2 is 1.65 bits per heavy atom. The van der Waals surface area contributed by atoms with Crippen LogP contribution in [0.25, 0.3) is 0 Å². The number of rotatable bonds is 8. The molecule has 6 rings (SSSR count). The van der Waals surface area contributed by atoms with Crippen molar-refractivity contribution in [1.29, 1.82) is 0 Å². The van der Waals surface area contributed by atoms with E-state index in [9.17, 15) is 34.8 Å². The molecule has 1 saturated heterocycles. The van der Waals surface area contributed by atoms with Crippen LogP contribution in [-0.4, -0.2) is 73.7 Å². The van der Waals surface area contributed by atoms with Gasteiger partial charge in [0.05, 0.1) is 17.8 Å². The van der Waals surface area contributed by atoms with Gasteiger partial charge in [0.2, 0.25) is 6.29 Å². The summed E-state index contributed by atoms with van der Waals surface area (Å²) in [4.78, 5) is 43.2. The zero-order valence-electron chi connectivity index (χ0n) is 26.0. The van der Waals surface area contributed by atoms with Gasteiger partial charge in [-0.25, -0.2) is 0 Å². The highest BCUT2D eigenvalue weighted by atomic mass is 16.7. The van der Waals surface area contributed by atoms with Crippen molar-refractivity contribution in [3.8, 4) is 17.2 Å². The average Bonchev–Trinajstić information content (AvgIpc) is 3.57. The van der Waals surface area contributed by atoms with E-state index < -0.39 is 60.2 Å². The van der Waals surface area contributed by atoms with Crippen LogP contribution in [0.5, 0.6) is 17.2 Å². The fourth-order valence-electron chi connectivity index (χ4n) is 6.19. The Morgan fingerprint density at radius 1 is 0.917 bits per heavy atom. The Bertz CT molecular complexity index is 1900. The number of aromatic hydroxyl groups is 1. The molecule has 0 radical (unpaired) electrons. The molecule has 0 bridgehead atoms. The van der Waals surface area contributed by atoms with E-state index in [0.29, 0.717) is 16.7 Å². The Kier molecular flexibility index (Phi) is 8.92. The van der Waals surface area contributed by atoms with Crippen LogP contribution in [0.3, 0.4) is 0 Å². The number of nitrogens with two attached hydrogens (primary N) is 2. The van der Waals surface area contributed by atoms with E-state index >= 15 is 0 Å². The molecule has 1 aromatic heterocycles. The standard InChI is InChI=1S/C35H35N3O10/c1-15-27(40)31(44)32(45)35(46-15)48-33-23(12-18-8-9-38-14-18)25-26(30(43)24(33)11-17-4-3-5-19(10-17)34(36)37)28(41)21-7-6-20(47-16(2)39)13-22(21)29(25)42/h3-10,13-15,27,31-32,34-35,38,40,43-45H,11-12,36-37H2,1-2H3. The first kappa shape index (κ1) is 33.0. The number of aliphatic hydroxyl groups excluding tert-OH is 3. The Hall–Kier alpha value is -4.89. The van der Waals surface area contributed by atoms with Crippen molar-refractivity contribution in [3.63, 3.8) is 0 Å². The summed E-state index contributed by atoms with van der Waals surface area (Å²) in [6.07, 6.45) is -4.77. The first-order valence-corrected chi connectivity index (χ1v) is 15.3. The monoisotopic (exact) mass is 657 g/mol. The molecular weight excluding hydrogens is 622 g/mol. The molecule has 9 N–H and O–H groups in total. The number of hydrogen-bond donors (Lipinski definition) is 7. The van der Waals surface area contributed by atoms with Crippen molar-refractivity contribution < 1.29 is 49.0 Å². The largest absolute Gasteiger partial charge is 0.507 e. The number of fused-ring (bicyclic) bond motifs is 2. The quantitative estimate of drug-likeness (QED) is 0.0719. The van der Waals surface area contributed by atoms with Gasteiger partial charge in [-0.05, 0) is 47.9 Å². The molecule has 2 aliphatic rings. The van der Waals surface area contributed by atoms with E-state index in [0.717, 1.165) is 0 Å². The molecule has 1 fully saturated rings. The molecule has 5 atom stereocenters. The molecule has 48 heavy (non-hydrogen) atoms. The number of aliphatic hydroxyl groups is 3. The lowest BCUT2D eigenvalue weighted by molar-refractivity contribution is -0.268. The van der Waals surface area contributed by atoms with Crippen molar-refractivity contribution in [2.24, 2.45) is 11.5 Å². The number of phenols is 1. The minimum Gasteiger partial charge on any atom is -0.507 e. The number of ketones is 2. The van der Waals surface area contributed by atoms with E-state index in [-0.39, 0.29) is 57.7 Å². The minimum atomic E-state index is -1.73. The van der Waals surface area contributed by atoms with Gasteiger partial charge in [-0.15, -0.1) is 0 Å². The Labute approximate surface area is 274 Å². The summed E-state index contributed by atoms with van der Waals surface area (Å²) in [5, 5.41) is 43.8. The number of carbonyl (C=O) groups is 3. The van der Waals surface area contributed by atoms with Gasteiger partial charge in [0.1, 0.15) is 35.6 Å². The molecule has 0 amide bonds. The molecule has 5 unspecified atom stereocenters. The number of hydrogen-bond acceptors (Lipinski definition) is 12. The van der Waals surface area contributed by atoms with Gasteiger partial charge in [-0.1, -0.05) is 24.3 Å². The summed E-state index contributed by atoms with van der Waals surface area (Å²) < 4.78 is 17.3. The summed E-state index contributed by atoms with van der Waals surface area (Å²) in [7, 11) is 0.